The highest BCUT2D eigenvalue weighted by Gasteiger charge is 2.22. The van der Waals surface area contributed by atoms with Crippen molar-refractivity contribution in [2.75, 3.05) is 55.4 Å². The van der Waals surface area contributed by atoms with Crippen molar-refractivity contribution in [1.82, 2.24) is 9.80 Å². The molecule has 10 heteroatoms. The Morgan fingerprint density at radius 1 is 0.773 bits per heavy atom. The number of amides is 4. The Hall–Kier alpha value is -5.02. The van der Waals surface area contributed by atoms with Crippen LogP contribution in [0, 0.1) is 0 Å². The number of hydrogen-bond donors (Lipinski definition) is 2. The maximum atomic E-state index is 13.3. The molecule has 226 valence electrons. The molecule has 1 aliphatic heterocycles. The molecule has 0 aliphatic carbocycles. The fourth-order valence-corrected chi connectivity index (χ4v) is 5.08. The monoisotopic (exact) mass is 611 g/mol. The van der Waals surface area contributed by atoms with Crippen LogP contribution < -0.4 is 20.3 Å². The first-order valence-corrected chi connectivity index (χ1v) is 14.7. The SMILES string of the molecule is COc1ccc(NC(=O)N2CCN(c3ccc(NC(=O)CN(Cc4ccccc4)C(=O)c4ccc(Cl)cc4)cc3)CC2)cc1. The molecular weight excluding hydrogens is 578 g/mol. The molecule has 44 heavy (non-hydrogen) atoms. The van der Waals surface area contributed by atoms with Gasteiger partial charge in [-0.25, -0.2) is 4.79 Å². The van der Waals surface area contributed by atoms with Crippen molar-refractivity contribution < 1.29 is 19.1 Å². The van der Waals surface area contributed by atoms with Crippen molar-refractivity contribution in [2.24, 2.45) is 0 Å². The minimum Gasteiger partial charge on any atom is -0.497 e. The van der Waals surface area contributed by atoms with Gasteiger partial charge >= 0.3 is 6.03 Å². The highest BCUT2D eigenvalue weighted by molar-refractivity contribution is 6.30. The Morgan fingerprint density at radius 2 is 1.39 bits per heavy atom. The van der Waals surface area contributed by atoms with E-state index >= 15 is 0 Å². The lowest BCUT2D eigenvalue weighted by molar-refractivity contribution is -0.117. The molecule has 2 N–H and O–H groups in total. The van der Waals surface area contributed by atoms with E-state index in [1.807, 2.05) is 66.7 Å². The summed E-state index contributed by atoms with van der Waals surface area (Å²) in [6.07, 6.45) is 0. The minimum atomic E-state index is -0.299. The van der Waals surface area contributed by atoms with Crippen molar-refractivity contribution in [2.45, 2.75) is 6.54 Å². The first kappa shape index (κ1) is 30.4. The molecule has 1 heterocycles. The molecule has 0 unspecified atom stereocenters. The molecule has 1 aliphatic rings. The van der Waals surface area contributed by atoms with E-state index in [4.69, 9.17) is 16.3 Å². The lowest BCUT2D eigenvalue weighted by Gasteiger charge is -2.36. The number of ether oxygens (including phenoxy) is 1. The van der Waals surface area contributed by atoms with Crippen LogP contribution in [0.4, 0.5) is 21.9 Å². The quantitative estimate of drug-likeness (QED) is 0.243. The van der Waals surface area contributed by atoms with Crippen LogP contribution >= 0.6 is 11.6 Å². The average Bonchev–Trinajstić information content (AvgIpc) is 3.06. The zero-order valence-electron chi connectivity index (χ0n) is 24.4. The van der Waals surface area contributed by atoms with E-state index in [1.54, 1.807) is 48.4 Å². The maximum Gasteiger partial charge on any atom is 0.321 e. The molecular formula is C34H34ClN5O4. The Morgan fingerprint density at radius 3 is 2.02 bits per heavy atom. The molecule has 0 bridgehead atoms. The van der Waals surface area contributed by atoms with Gasteiger partial charge in [0, 0.05) is 60.4 Å². The van der Waals surface area contributed by atoms with E-state index in [0.717, 1.165) is 17.0 Å². The maximum absolute atomic E-state index is 13.3. The van der Waals surface area contributed by atoms with Gasteiger partial charge in [-0.3, -0.25) is 9.59 Å². The van der Waals surface area contributed by atoms with Crippen LogP contribution in [0.15, 0.2) is 103 Å². The van der Waals surface area contributed by atoms with E-state index in [2.05, 4.69) is 15.5 Å². The van der Waals surface area contributed by atoms with E-state index in [0.29, 0.717) is 54.7 Å². The third-order valence-corrected chi connectivity index (χ3v) is 7.61. The predicted molar refractivity (Wildman–Crippen MR) is 174 cm³/mol. The molecule has 4 aromatic carbocycles. The molecule has 0 radical (unpaired) electrons. The lowest BCUT2D eigenvalue weighted by Crippen LogP contribution is -2.50. The topological polar surface area (TPSA) is 94.2 Å². The fraction of sp³-hybridized carbons (Fsp3) is 0.206. The van der Waals surface area contributed by atoms with Crippen LogP contribution in [0.3, 0.4) is 0 Å². The van der Waals surface area contributed by atoms with E-state index in [-0.39, 0.29) is 24.4 Å². The number of methoxy groups -OCH3 is 1. The number of nitrogens with one attached hydrogen (secondary N) is 2. The van der Waals surface area contributed by atoms with Crippen LogP contribution in [0.5, 0.6) is 5.75 Å². The second-order valence-corrected chi connectivity index (χ2v) is 10.8. The summed E-state index contributed by atoms with van der Waals surface area (Å²) >= 11 is 6.00. The zero-order valence-corrected chi connectivity index (χ0v) is 25.2. The van der Waals surface area contributed by atoms with Gasteiger partial charge in [-0.15, -0.1) is 0 Å². The number of carbonyl (C=O) groups excluding carboxylic acids is 3. The summed E-state index contributed by atoms with van der Waals surface area (Å²) in [6.45, 7) is 2.71. The molecule has 1 saturated heterocycles. The number of carbonyl (C=O) groups is 3. The number of anilines is 3. The Balaban J connectivity index is 1.14. The molecule has 5 rings (SSSR count). The van der Waals surface area contributed by atoms with E-state index in [9.17, 15) is 14.4 Å². The Labute approximate surface area is 262 Å². The summed E-state index contributed by atoms with van der Waals surface area (Å²) in [5.41, 5.74) is 3.73. The second-order valence-electron chi connectivity index (χ2n) is 10.4. The van der Waals surface area contributed by atoms with Crippen LogP contribution in [0.25, 0.3) is 0 Å². The number of piperazine rings is 1. The van der Waals surface area contributed by atoms with Crippen LogP contribution in [0.2, 0.25) is 5.02 Å². The number of rotatable bonds is 9. The summed E-state index contributed by atoms with van der Waals surface area (Å²) in [6, 6.07) is 30.9. The van der Waals surface area contributed by atoms with Crippen molar-refractivity contribution in [1.29, 1.82) is 0 Å². The van der Waals surface area contributed by atoms with Crippen LogP contribution in [0.1, 0.15) is 15.9 Å². The van der Waals surface area contributed by atoms with Crippen LogP contribution in [-0.2, 0) is 11.3 Å². The summed E-state index contributed by atoms with van der Waals surface area (Å²) in [5.74, 6) is 0.178. The smallest absolute Gasteiger partial charge is 0.321 e. The van der Waals surface area contributed by atoms with Crippen molar-refractivity contribution >= 4 is 46.5 Å². The zero-order chi connectivity index (χ0) is 30.9. The highest BCUT2D eigenvalue weighted by atomic mass is 35.5. The van der Waals surface area contributed by atoms with Gasteiger partial charge in [-0.2, -0.15) is 0 Å². The summed E-state index contributed by atoms with van der Waals surface area (Å²) in [7, 11) is 1.60. The molecule has 4 aromatic rings. The summed E-state index contributed by atoms with van der Waals surface area (Å²) < 4.78 is 5.17. The van der Waals surface area contributed by atoms with Crippen molar-refractivity contribution in [3.05, 3.63) is 119 Å². The molecule has 9 nitrogen and oxygen atoms in total. The van der Waals surface area contributed by atoms with Crippen LogP contribution in [-0.4, -0.2) is 67.5 Å². The van der Waals surface area contributed by atoms with Crippen molar-refractivity contribution in [3.63, 3.8) is 0 Å². The first-order chi connectivity index (χ1) is 21.4. The Bertz CT molecular complexity index is 1560. The first-order valence-electron chi connectivity index (χ1n) is 14.3. The van der Waals surface area contributed by atoms with Gasteiger partial charge in [-0.05, 0) is 78.4 Å². The number of nitrogens with zero attached hydrogens (tertiary/aromatic N) is 3. The van der Waals surface area contributed by atoms with Gasteiger partial charge in [0.1, 0.15) is 12.3 Å². The largest absolute Gasteiger partial charge is 0.497 e. The van der Waals surface area contributed by atoms with Gasteiger partial charge in [0.15, 0.2) is 0 Å². The van der Waals surface area contributed by atoms with Gasteiger partial charge in [0.05, 0.1) is 7.11 Å². The fourth-order valence-electron chi connectivity index (χ4n) is 4.95. The Kier molecular flexibility index (Phi) is 9.99. The van der Waals surface area contributed by atoms with Gasteiger partial charge in [0.25, 0.3) is 5.91 Å². The number of urea groups is 1. The summed E-state index contributed by atoms with van der Waals surface area (Å²) in [4.78, 5) is 44.6. The van der Waals surface area contributed by atoms with Crippen molar-refractivity contribution in [3.8, 4) is 5.75 Å². The molecule has 0 spiro atoms. The normalized spacial score (nSPS) is 12.8. The highest BCUT2D eigenvalue weighted by Crippen LogP contribution is 2.21. The lowest BCUT2D eigenvalue weighted by atomic mass is 10.1. The third kappa shape index (κ3) is 8.08. The number of hydrogen-bond acceptors (Lipinski definition) is 5. The van der Waals surface area contributed by atoms with Gasteiger partial charge < -0.3 is 30.1 Å². The third-order valence-electron chi connectivity index (χ3n) is 7.35. The van der Waals surface area contributed by atoms with Gasteiger partial charge in [-0.1, -0.05) is 41.9 Å². The average molecular weight is 612 g/mol. The molecule has 1 fully saturated rings. The predicted octanol–water partition coefficient (Wildman–Crippen LogP) is 5.98. The number of benzene rings is 4. The number of halogens is 1. The minimum absolute atomic E-state index is 0.112. The van der Waals surface area contributed by atoms with E-state index < -0.39 is 0 Å². The molecule has 4 amide bonds. The molecule has 0 saturated carbocycles. The molecule has 0 atom stereocenters. The summed E-state index contributed by atoms with van der Waals surface area (Å²) in [5, 5.41) is 6.38. The molecule has 0 aromatic heterocycles. The van der Waals surface area contributed by atoms with E-state index in [1.165, 1.54) is 4.90 Å². The van der Waals surface area contributed by atoms with Gasteiger partial charge in [0.2, 0.25) is 5.91 Å². The second kappa shape index (κ2) is 14.4. The standard InChI is InChI=1S/C34H34ClN5O4/c1-44-31-17-13-29(14-18-31)37-34(43)39-21-19-38(20-22-39)30-15-11-28(12-16-30)36-32(41)24-40(23-25-5-3-2-4-6-25)33(42)26-7-9-27(35)10-8-26/h2-18H,19-24H2,1H3,(H,36,41)(H,37,43).